The first-order valence-electron chi connectivity index (χ1n) is 4.48. The molecule has 0 atom stereocenters. The minimum atomic E-state index is -0.542. The van der Waals surface area contributed by atoms with Gasteiger partial charge in [-0.05, 0) is 24.6 Å². The van der Waals surface area contributed by atoms with E-state index >= 15 is 0 Å². The number of H-pyrrole nitrogens is 1. The maximum Gasteiger partial charge on any atom is 0.222 e. The van der Waals surface area contributed by atoms with Crippen LogP contribution in [-0.4, -0.2) is 16.3 Å². The van der Waals surface area contributed by atoms with Crippen LogP contribution in [0.2, 0.25) is 0 Å². The number of halogens is 1. The van der Waals surface area contributed by atoms with E-state index in [9.17, 15) is 9.18 Å². The van der Waals surface area contributed by atoms with Gasteiger partial charge in [-0.3, -0.25) is 4.79 Å². The second-order valence-corrected chi connectivity index (χ2v) is 3.20. The van der Waals surface area contributed by atoms with Crippen molar-refractivity contribution in [3.8, 4) is 11.3 Å². The summed E-state index contributed by atoms with van der Waals surface area (Å²) >= 11 is 0. The minimum absolute atomic E-state index is 0.378. The third-order valence-electron chi connectivity index (χ3n) is 2.34. The molecule has 1 N–H and O–H groups in total. The van der Waals surface area contributed by atoms with Crippen molar-refractivity contribution in [2.24, 2.45) is 0 Å². The molecule has 0 aliphatic heterocycles. The summed E-state index contributed by atoms with van der Waals surface area (Å²) in [6.07, 6.45) is 3.69. The highest BCUT2D eigenvalue weighted by Gasteiger charge is 2.12. The summed E-state index contributed by atoms with van der Waals surface area (Å²) in [6, 6.07) is 3.27. The van der Waals surface area contributed by atoms with Gasteiger partial charge in [-0.1, -0.05) is 0 Å². The fourth-order valence-corrected chi connectivity index (χ4v) is 1.49. The molecular formula is C11H9FN2O. The van der Waals surface area contributed by atoms with Gasteiger partial charge in [0.2, 0.25) is 5.95 Å². The average Bonchev–Trinajstić information content (AvgIpc) is 2.60. The highest BCUT2D eigenvalue weighted by molar-refractivity contribution is 5.81. The highest BCUT2D eigenvalue weighted by Crippen LogP contribution is 2.24. The van der Waals surface area contributed by atoms with E-state index in [0.29, 0.717) is 16.8 Å². The molecule has 2 aromatic heterocycles. The largest absolute Gasteiger partial charge is 0.360 e. The number of carbonyl (C=O) groups excluding carboxylic acids is 1. The Kier molecular flexibility index (Phi) is 2.33. The molecule has 0 aromatic carbocycles. The van der Waals surface area contributed by atoms with Crippen LogP contribution in [0.3, 0.4) is 0 Å². The topological polar surface area (TPSA) is 45.8 Å². The highest BCUT2D eigenvalue weighted by atomic mass is 19.1. The maximum absolute atomic E-state index is 13.3. The van der Waals surface area contributed by atoms with E-state index in [1.54, 1.807) is 25.3 Å². The summed E-state index contributed by atoms with van der Waals surface area (Å²) in [5.74, 6) is -0.542. The number of hydrogen-bond donors (Lipinski definition) is 1. The Labute approximate surface area is 86.0 Å². The zero-order valence-corrected chi connectivity index (χ0v) is 8.12. The molecule has 0 aliphatic rings. The van der Waals surface area contributed by atoms with Crippen molar-refractivity contribution in [2.45, 2.75) is 6.92 Å². The molecule has 2 rings (SSSR count). The van der Waals surface area contributed by atoms with Crippen LogP contribution in [0.4, 0.5) is 4.39 Å². The zero-order valence-electron chi connectivity index (χ0n) is 8.12. The molecule has 0 radical (unpaired) electrons. The predicted molar refractivity (Wildman–Crippen MR) is 54.1 cm³/mol. The second-order valence-electron chi connectivity index (χ2n) is 3.20. The first-order valence-corrected chi connectivity index (χ1v) is 4.48. The lowest BCUT2D eigenvalue weighted by Gasteiger charge is -2.00. The molecule has 76 valence electrons. The van der Waals surface area contributed by atoms with Crippen LogP contribution in [0, 0.1) is 12.9 Å². The zero-order chi connectivity index (χ0) is 10.8. The third kappa shape index (κ3) is 1.54. The normalized spacial score (nSPS) is 10.3. The average molecular weight is 204 g/mol. The van der Waals surface area contributed by atoms with Crippen molar-refractivity contribution < 1.29 is 9.18 Å². The van der Waals surface area contributed by atoms with Crippen LogP contribution in [0.5, 0.6) is 0 Å². The number of aromatic amines is 1. The van der Waals surface area contributed by atoms with Gasteiger partial charge in [-0.25, -0.2) is 4.98 Å². The number of aldehydes is 1. The van der Waals surface area contributed by atoms with Crippen molar-refractivity contribution in [3.63, 3.8) is 0 Å². The van der Waals surface area contributed by atoms with Crippen LogP contribution in [0.15, 0.2) is 24.5 Å². The van der Waals surface area contributed by atoms with Gasteiger partial charge in [-0.15, -0.1) is 0 Å². The first-order chi connectivity index (χ1) is 7.24. The van der Waals surface area contributed by atoms with Crippen molar-refractivity contribution in [2.75, 3.05) is 0 Å². The number of pyridine rings is 1. The molecule has 15 heavy (non-hydrogen) atoms. The van der Waals surface area contributed by atoms with Gasteiger partial charge >= 0.3 is 0 Å². The van der Waals surface area contributed by atoms with Crippen molar-refractivity contribution >= 4 is 6.29 Å². The number of nitrogens with one attached hydrogen (secondary N) is 1. The van der Waals surface area contributed by atoms with E-state index < -0.39 is 5.95 Å². The number of aromatic nitrogens is 2. The van der Waals surface area contributed by atoms with E-state index in [0.717, 1.165) is 11.8 Å². The molecule has 2 heterocycles. The molecule has 0 unspecified atom stereocenters. The fourth-order valence-electron chi connectivity index (χ4n) is 1.49. The molecule has 0 bridgehead atoms. The number of carbonyl (C=O) groups is 1. The summed E-state index contributed by atoms with van der Waals surface area (Å²) in [5.41, 5.74) is 2.25. The van der Waals surface area contributed by atoms with Gasteiger partial charge in [0.15, 0.2) is 6.29 Å². The number of rotatable bonds is 2. The SMILES string of the molecule is Cc1c(C=O)c[nH]c1-c1cccnc1F. The lowest BCUT2D eigenvalue weighted by atomic mass is 10.1. The van der Waals surface area contributed by atoms with Crippen LogP contribution >= 0.6 is 0 Å². The molecule has 0 saturated heterocycles. The van der Waals surface area contributed by atoms with Crippen LogP contribution in [0.1, 0.15) is 15.9 Å². The summed E-state index contributed by atoms with van der Waals surface area (Å²) < 4.78 is 13.3. The van der Waals surface area contributed by atoms with Crippen molar-refractivity contribution in [3.05, 3.63) is 41.6 Å². The first kappa shape index (κ1) is 9.58. The Morgan fingerprint density at radius 2 is 2.33 bits per heavy atom. The van der Waals surface area contributed by atoms with Crippen LogP contribution in [-0.2, 0) is 0 Å². The Balaban J connectivity index is 2.59. The molecule has 0 aliphatic carbocycles. The van der Waals surface area contributed by atoms with E-state index in [4.69, 9.17) is 0 Å². The van der Waals surface area contributed by atoms with E-state index in [1.807, 2.05) is 0 Å². The molecular weight excluding hydrogens is 195 g/mol. The smallest absolute Gasteiger partial charge is 0.222 e. The van der Waals surface area contributed by atoms with E-state index in [-0.39, 0.29) is 0 Å². The van der Waals surface area contributed by atoms with Gasteiger partial charge < -0.3 is 4.98 Å². The molecule has 0 spiro atoms. The molecule has 4 heteroatoms. The lowest BCUT2D eigenvalue weighted by Crippen LogP contribution is -1.89. The second kappa shape index (κ2) is 3.65. The van der Waals surface area contributed by atoms with Gasteiger partial charge in [0.25, 0.3) is 0 Å². The Hall–Kier alpha value is -1.97. The van der Waals surface area contributed by atoms with Crippen LogP contribution in [0.25, 0.3) is 11.3 Å². The van der Waals surface area contributed by atoms with Gasteiger partial charge in [0, 0.05) is 18.0 Å². The van der Waals surface area contributed by atoms with Crippen molar-refractivity contribution in [1.29, 1.82) is 0 Å². The lowest BCUT2D eigenvalue weighted by molar-refractivity contribution is 0.112. The maximum atomic E-state index is 13.3. The van der Waals surface area contributed by atoms with Gasteiger partial charge in [0.1, 0.15) is 0 Å². The Bertz CT molecular complexity index is 505. The molecule has 0 fully saturated rings. The number of nitrogens with zero attached hydrogens (tertiary/aromatic N) is 1. The molecule has 0 amide bonds. The monoisotopic (exact) mass is 204 g/mol. The summed E-state index contributed by atoms with van der Waals surface area (Å²) in [7, 11) is 0. The minimum Gasteiger partial charge on any atom is -0.360 e. The van der Waals surface area contributed by atoms with E-state index in [2.05, 4.69) is 9.97 Å². The summed E-state index contributed by atoms with van der Waals surface area (Å²) in [6.45, 7) is 1.77. The standard InChI is InChI=1S/C11H9FN2O/c1-7-8(6-15)5-14-10(7)9-3-2-4-13-11(9)12/h2-6,14H,1H3. The Morgan fingerprint density at radius 3 is 2.93 bits per heavy atom. The quantitative estimate of drug-likeness (QED) is 0.602. The van der Waals surface area contributed by atoms with E-state index in [1.165, 1.54) is 6.20 Å². The summed E-state index contributed by atoms with van der Waals surface area (Å²) in [5, 5.41) is 0. The van der Waals surface area contributed by atoms with Gasteiger partial charge in [-0.2, -0.15) is 4.39 Å². The summed E-state index contributed by atoms with van der Waals surface area (Å²) in [4.78, 5) is 17.1. The fraction of sp³-hybridized carbons (Fsp3) is 0.0909. The Morgan fingerprint density at radius 1 is 1.53 bits per heavy atom. The molecule has 3 nitrogen and oxygen atoms in total. The van der Waals surface area contributed by atoms with Crippen LogP contribution < -0.4 is 0 Å². The van der Waals surface area contributed by atoms with Crippen molar-refractivity contribution in [1.82, 2.24) is 9.97 Å². The van der Waals surface area contributed by atoms with Gasteiger partial charge in [0.05, 0.1) is 11.3 Å². The third-order valence-corrected chi connectivity index (χ3v) is 2.34. The predicted octanol–water partition coefficient (Wildman–Crippen LogP) is 2.34. The molecule has 2 aromatic rings. The molecule has 0 saturated carbocycles. The number of hydrogen-bond acceptors (Lipinski definition) is 2.